The number of rotatable bonds is 11. The molecule has 2 saturated heterocycles. The van der Waals surface area contributed by atoms with Crippen LogP contribution in [0.3, 0.4) is 0 Å². The molecule has 2 fully saturated rings. The molecule has 2 aliphatic heterocycles. The van der Waals surface area contributed by atoms with Gasteiger partial charge in [0.1, 0.15) is 18.2 Å². The number of amidine groups is 1. The summed E-state index contributed by atoms with van der Waals surface area (Å²) in [6, 6.07) is 13.8. The Labute approximate surface area is 250 Å². The molecule has 2 aromatic rings. The van der Waals surface area contributed by atoms with Gasteiger partial charge in [0.2, 0.25) is 0 Å². The Morgan fingerprint density at radius 1 is 1.15 bits per heavy atom. The maximum atomic E-state index is 13.9. The van der Waals surface area contributed by atoms with Gasteiger partial charge in [0.05, 0.1) is 34.5 Å². The fraction of sp³-hybridized carbons (Fsp3) is 0.516. The number of carbonyl (C=O) groups excluding carboxylic acids is 1. The Bertz CT molecular complexity index is 1260. The van der Waals surface area contributed by atoms with Crippen LogP contribution in [0.15, 0.2) is 46.5 Å². The SMILES string of the molecule is COCC[C@H]1CN(CC(=O)c2cc(N3CCC(OCC(=O)O)C3)c(O)c(C(C)(C)C)c2)C(=NBr)[C@@H]1c1ccccc1. The highest BCUT2D eigenvalue weighted by Gasteiger charge is 2.40. The largest absolute Gasteiger partial charge is 0.505 e. The number of methoxy groups -OCH3 is 1. The lowest BCUT2D eigenvalue weighted by Gasteiger charge is -2.27. The van der Waals surface area contributed by atoms with E-state index < -0.39 is 11.4 Å². The zero-order valence-electron chi connectivity index (χ0n) is 24.2. The van der Waals surface area contributed by atoms with Crippen LogP contribution in [-0.4, -0.2) is 85.3 Å². The molecule has 0 radical (unpaired) electrons. The lowest BCUT2D eigenvalue weighted by Crippen LogP contribution is -2.32. The van der Waals surface area contributed by atoms with Crippen molar-refractivity contribution in [3.8, 4) is 5.75 Å². The number of Topliss-reactive ketones (excluding diaryl/α,β-unsaturated/α-hetero) is 1. The van der Waals surface area contributed by atoms with E-state index in [1.54, 1.807) is 19.2 Å². The number of ketones is 1. The number of carboxylic acids is 1. The molecule has 9 nitrogen and oxygen atoms in total. The number of benzene rings is 2. The molecule has 222 valence electrons. The predicted molar refractivity (Wildman–Crippen MR) is 162 cm³/mol. The Hall–Kier alpha value is -2.95. The molecule has 2 aromatic carbocycles. The third-order valence-electron chi connectivity index (χ3n) is 7.95. The van der Waals surface area contributed by atoms with Crippen LogP contribution in [0.5, 0.6) is 5.75 Å². The lowest BCUT2D eigenvalue weighted by atomic mass is 9.84. The highest BCUT2D eigenvalue weighted by atomic mass is 79.9. The van der Waals surface area contributed by atoms with Crippen LogP contribution in [-0.2, 0) is 19.7 Å². The number of phenols is 1. The van der Waals surface area contributed by atoms with Crippen molar-refractivity contribution < 1.29 is 29.3 Å². The number of nitrogens with zero attached hydrogens (tertiary/aromatic N) is 3. The molecule has 0 amide bonds. The van der Waals surface area contributed by atoms with Crippen LogP contribution < -0.4 is 4.90 Å². The second-order valence-electron chi connectivity index (χ2n) is 11.9. The molecule has 2 N–H and O–H groups in total. The monoisotopic (exact) mass is 629 g/mol. The van der Waals surface area contributed by atoms with Gasteiger partial charge in [-0.15, -0.1) is 0 Å². The van der Waals surface area contributed by atoms with Gasteiger partial charge in [0, 0.05) is 50.4 Å². The second-order valence-corrected chi connectivity index (χ2v) is 12.2. The van der Waals surface area contributed by atoms with Gasteiger partial charge in [-0.25, -0.2) is 4.79 Å². The molecule has 0 bridgehead atoms. The molecule has 2 aliphatic rings. The zero-order chi connectivity index (χ0) is 29.7. The molecule has 0 aliphatic carbocycles. The number of phenolic OH excluding ortho intramolecular Hbond substituents is 1. The van der Waals surface area contributed by atoms with E-state index in [2.05, 4.69) is 32.3 Å². The first-order valence-electron chi connectivity index (χ1n) is 14.0. The van der Waals surface area contributed by atoms with E-state index in [1.807, 2.05) is 48.8 Å². The summed E-state index contributed by atoms with van der Waals surface area (Å²) in [5.41, 5.74) is 2.51. The minimum atomic E-state index is -1.01. The van der Waals surface area contributed by atoms with Crippen molar-refractivity contribution in [1.29, 1.82) is 0 Å². The number of aromatic hydroxyl groups is 1. The van der Waals surface area contributed by atoms with Crippen molar-refractivity contribution in [3.63, 3.8) is 0 Å². The Morgan fingerprint density at radius 2 is 1.88 bits per heavy atom. The van der Waals surface area contributed by atoms with Gasteiger partial charge < -0.3 is 29.5 Å². The first-order chi connectivity index (χ1) is 19.5. The maximum Gasteiger partial charge on any atom is 0.329 e. The molecular weight excluding hydrogens is 590 g/mol. The minimum absolute atomic E-state index is 0.0337. The van der Waals surface area contributed by atoms with Crippen molar-refractivity contribution in [1.82, 2.24) is 4.90 Å². The lowest BCUT2D eigenvalue weighted by molar-refractivity contribution is -0.143. The third kappa shape index (κ3) is 7.28. The summed E-state index contributed by atoms with van der Waals surface area (Å²) in [6.45, 7) is 8.12. The average molecular weight is 631 g/mol. The van der Waals surface area contributed by atoms with E-state index in [9.17, 15) is 14.7 Å². The first-order valence-corrected chi connectivity index (χ1v) is 14.7. The van der Waals surface area contributed by atoms with Crippen molar-refractivity contribution in [2.75, 3.05) is 51.4 Å². The van der Waals surface area contributed by atoms with Gasteiger partial charge in [-0.05, 0) is 41.9 Å². The topological polar surface area (TPSA) is 112 Å². The Kier molecular flexibility index (Phi) is 10.1. The summed E-state index contributed by atoms with van der Waals surface area (Å²) in [6.07, 6.45) is 1.21. The minimum Gasteiger partial charge on any atom is -0.505 e. The molecule has 3 atom stereocenters. The predicted octanol–water partition coefficient (Wildman–Crippen LogP) is 5.01. The van der Waals surface area contributed by atoms with Crippen LogP contribution in [0.2, 0.25) is 0 Å². The number of anilines is 1. The molecule has 2 heterocycles. The second kappa shape index (κ2) is 13.4. The van der Waals surface area contributed by atoms with Gasteiger partial charge in [-0.2, -0.15) is 4.02 Å². The fourth-order valence-electron chi connectivity index (χ4n) is 5.88. The molecule has 0 spiro atoms. The molecule has 0 saturated carbocycles. The number of halogens is 1. The van der Waals surface area contributed by atoms with Gasteiger partial charge in [-0.3, -0.25) is 4.79 Å². The quantitative estimate of drug-likeness (QED) is 0.334. The van der Waals surface area contributed by atoms with Crippen molar-refractivity contribution in [2.24, 2.45) is 9.94 Å². The van der Waals surface area contributed by atoms with Crippen LogP contribution in [0, 0.1) is 5.92 Å². The van der Waals surface area contributed by atoms with Crippen LogP contribution >= 0.6 is 16.1 Å². The zero-order valence-corrected chi connectivity index (χ0v) is 25.8. The highest BCUT2D eigenvalue weighted by Crippen LogP contribution is 2.41. The number of hydrogen-bond donors (Lipinski definition) is 2. The van der Waals surface area contributed by atoms with Gasteiger partial charge in [-0.1, -0.05) is 51.1 Å². The van der Waals surface area contributed by atoms with Gasteiger partial charge in [0.15, 0.2) is 5.78 Å². The molecule has 41 heavy (non-hydrogen) atoms. The molecular formula is C31H40BrN3O6. The van der Waals surface area contributed by atoms with Crippen LogP contribution in [0.4, 0.5) is 5.69 Å². The fourth-order valence-corrected chi connectivity index (χ4v) is 6.32. The molecule has 4 rings (SSSR count). The smallest absolute Gasteiger partial charge is 0.329 e. The van der Waals surface area contributed by atoms with E-state index in [0.717, 1.165) is 17.8 Å². The van der Waals surface area contributed by atoms with E-state index >= 15 is 0 Å². The molecule has 1 unspecified atom stereocenters. The normalized spacial score (nSPS) is 22.1. The number of ether oxygens (including phenoxy) is 2. The number of carboxylic acid groups (broad SMARTS) is 1. The summed E-state index contributed by atoms with van der Waals surface area (Å²) in [5, 5.41) is 20.3. The summed E-state index contributed by atoms with van der Waals surface area (Å²) in [5.74, 6) is 0.142. The van der Waals surface area contributed by atoms with E-state index in [0.29, 0.717) is 49.5 Å². The van der Waals surface area contributed by atoms with Crippen LogP contribution in [0.1, 0.15) is 61.0 Å². The summed E-state index contributed by atoms with van der Waals surface area (Å²) in [7, 11) is 1.70. The Morgan fingerprint density at radius 3 is 2.51 bits per heavy atom. The van der Waals surface area contributed by atoms with E-state index in [1.165, 1.54) is 0 Å². The number of likely N-dealkylation sites (tertiary alicyclic amines) is 1. The maximum absolute atomic E-state index is 13.9. The van der Waals surface area contributed by atoms with E-state index in [-0.39, 0.29) is 42.6 Å². The van der Waals surface area contributed by atoms with Gasteiger partial charge >= 0.3 is 5.97 Å². The molecule has 10 heteroatoms. The molecule has 0 aromatic heterocycles. The summed E-state index contributed by atoms with van der Waals surface area (Å²) in [4.78, 5) is 28.9. The summed E-state index contributed by atoms with van der Waals surface area (Å²) < 4.78 is 15.4. The standard InChI is InChI=1S/C31H40BrN3O6/c1-31(2,3)24-14-22(15-25(29(24)39)34-12-10-23(17-34)41-19-27(37)38)26(36)18-35-16-21(11-13-40-4)28(30(35)33-32)20-8-6-5-7-9-20/h5-9,14-15,21,23,28,39H,10-13,16-19H2,1-4H3,(H,37,38)/t21-,23?,28+/m0/s1. The number of hydrogen-bond acceptors (Lipinski definition) is 7. The van der Waals surface area contributed by atoms with Gasteiger partial charge in [0.25, 0.3) is 0 Å². The van der Waals surface area contributed by atoms with Crippen molar-refractivity contribution in [3.05, 3.63) is 59.2 Å². The van der Waals surface area contributed by atoms with Crippen molar-refractivity contribution in [2.45, 2.75) is 51.0 Å². The number of carbonyl (C=O) groups is 2. The Balaban J connectivity index is 1.61. The average Bonchev–Trinajstić information content (AvgIpc) is 3.55. The highest BCUT2D eigenvalue weighted by molar-refractivity contribution is 9.08. The summed E-state index contributed by atoms with van der Waals surface area (Å²) >= 11 is 3.34. The van der Waals surface area contributed by atoms with E-state index in [4.69, 9.17) is 14.6 Å². The van der Waals surface area contributed by atoms with Crippen LogP contribution in [0.25, 0.3) is 0 Å². The third-order valence-corrected chi connectivity index (χ3v) is 8.31. The van der Waals surface area contributed by atoms with Crippen molar-refractivity contribution >= 4 is 39.4 Å². The first kappa shape index (κ1) is 31.0. The number of aliphatic carboxylic acids is 1.